The summed E-state index contributed by atoms with van der Waals surface area (Å²) in [6, 6.07) is 0. The summed E-state index contributed by atoms with van der Waals surface area (Å²) in [5.41, 5.74) is 0.0110. The molecule has 1 rings (SSSR count). The number of aldehydes is 1. The Morgan fingerprint density at radius 3 is 2.57 bits per heavy atom. The van der Waals surface area contributed by atoms with Crippen LogP contribution in [0.4, 0.5) is 0 Å². The van der Waals surface area contributed by atoms with E-state index in [0.29, 0.717) is 25.7 Å². The van der Waals surface area contributed by atoms with E-state index in [2.05, 4.69) is 13.2 Å². The van der Waals surface area contributed by atoms with Gasteiger partial charge in [0.05, 0.1) is 19.1 Å². The third-order valence-electron chi connectivity index (χ3n) is 2.92. The Balaban J connectivity index is 2.87. The lowest BCUT2D eigenvalue weighted by molar-refractivity contribution is -0.229. The molecular weight excluding hydrogens is 276 g/mol. The van der Waals surface area contributed by atoms with Gasteiger partial charge in [-0.15, -0.1) is 0 Å². The molecule has 21 heavy (non-hydrogen) atoms. The van der Waals surface area contributed by atoms with E-state index in [9.17, 15) is 14.4 Å². The normalized spacial score (nSPS) is 19.0. The van der Waals surface area contributed by atoms with E-state index in [4.69, 9.17) is 14.2 Å². The van der Waals surface area contributed by atoms with E-state index < -0.39 is 17.7 Å². The first kappa shape index (κ1) is 17.1. The molecule has 116 valence electrons. The summed E-state index contributed by atoms with van der Waals surface area (Å²) in [5, 5.41) is 0. The fourth-order valence-corrected chi connectivity index (χ4v) is 1.87. The molecule has 0 radical (unpaired) electrons. The molecule has 1 aliphatic heterocycles. The highest BCUT2D eigenvalue weighted by atomic mass is 16.7. The van der Waals surface area contributed by atoms with Crippen molar-refractivity contribution in [1.29, 1.82) is 0 Å². The van der Waals surface area contributed by atoms with Crippen LogP contribution >= 0.6 is 0 Å². The maximum Gasteiger partial charge on any atom is 0.337 e. The molecule has 0 aromatic carbocycles. The van der Waals surface area contributed by atoms with Crippen molar-refractivity contribution in [3.8, 4) is 0 Å². The van der Waals surface area contributed by atoms with Crippen molar-refractivity contribution in [3.63, 3.8) is 0 Å². The van der Waals surface area contributed by atoms with E-state index in [0.717, 1.165) is 6.08 Å². The lowest BCUT2D eigenvalue weighted by Gasteiger charge is -2.32. The molecule has 0 amide bonds. The van der Waals surface area contributed by atoms with Crippen molar-refractivity contribution in [3.05, 3.63) is 24.8 Å². The Labute approximate surface area is 123 Å². The first-order valence-electron chi connectivity index (χ1n) is 6.78. The lowest BCUT2D eigenvalue weighted by atomic mass is 10.0. The molecule has 0 saturated carbocycles. The third-order valence-corrected chi connectivity index (χ3v) is 2.92. The van der Waals surface area contributed by atoms with Gasteiger partial charge in [-0.05, 0) is 6.42 Å². The minimum Gasteiger partial charge on any atom is -0.419 e. The zero-order chi connectivity index (χ0) is 15.9. The Morgan fingerprint density at radius 2 is 2.10 bits per heavy atom. The molecule has 0 spiro atoms. The molecule has 0 bridgehead atoms. The summed E-state index contributed by atoms with van der Waals surface area (Å²) in [6.45, 7) is 9.22. The van der Waals surface area contributed by atoms with E-state index >= 15 is 0 Å². The van der Waals surface area contributed by atoms with Crippen LogP contribution in [0.25, 0.3) is 0 Å². The molecule has 0 aromatic heterocycles. The summed E-state index contributed by atoms with van der Waals surface area (Å²) in [4.78, 5) is 33.9. The van der Waals surface area contributed by atoms with Gasteiger partial charge in [0.25, 0.3) is 5.79 Å². The SMILES string of the molecule is C=CC(=O)OC(CCC)(CC1CO1)OC(=O)C(=C)CC=O. The fraction of sp³-hybridized carbons (Fsp3) is 0.533. The van der Waals surface area contributed by atoms with Crippen LogP contribution in [0.15, 0.2) is 24.8 Å². The smallest absolute Gasteiger partial charge is 0.337 e. The summed E-state index contributed by atoms with van der Waals surface area (Å²) in [6.07, 6.45) is 2.53. The minimum atomic E-state index is -1.41. The van der Waals surface area contributed by atoms with Gasteiger partial charge in [-0.1, -0.05) is 20.1 Å². The number of carbonyl (C=O) groups is 3. The second-order valence-corrected chi connectivity index (χ2v) is 4.81. The van der Waals surface area contributed by atoms with Gasteiger partial charge in [0.15, 0.2) is 0 Å². The van der Waals surface area contributed by atoms with Crippen LogP contribution in [0.3, 0.4) is 0 Å². The first-order valence-corrected chi connectivity index (χ1v) is 6.78. The van der Waals surface area contributed by atoms with Crippen LogP contribution in [0.1, 0.15) is 32.6 Å². The van der Waals surface area contributed by atoms with Crippen molar-refractivity contribution >= 4 is 18.2 Å². The number of esters is 2. The summed E-state index contributed by atoms with van der Waals surface area (Å²) < 4.78 is 15.7. The van der Waals surface area contributed by atoms with Crippen LogP contribution in [-0.2, 0) is 28.6 Å². The van der Waals surface area contributed by atoms with Crippen molar-refractivity contribution in [2.75, 3.05) is 6.61 Å². The largest absolute Gasteiger partial charge is 0.419 e. The van der Waals surface area contributed by atoms with Crippen LogP contribution in [0.5, 0.6) is 0 Å². The predicted molar refractivity (Wildman–Crippen MR) is 74.2 cm³/mol. The van der Waals surface area contributed by atoms with Crippen LogP contribution in [-0.4, -0.2) is 36.7 Å². The standard InChI is InChI=1S/C15H20O6/c1-4-7-15(9-12-10-19-12,20-13(17)5-2)21-14(18)11(3)6-8-16/h5,8,12H,2-4,6-7,9-10H2,1H3. The van der Waals surface area contributed by atoms with E-state index in [-0.39, 0.29) is 24.5 Å². The summed E-state index contributed by atoms with van der Waals surface area (Å²) in [5.74, 6) is -2.85. The zero-order valence-corrected chi connectivity index (χ0v) is 12.1. The van der Waals surface area contributed by atoms with Crippen molar-refractivity contribution in [2.45, 2.75) is 44.5 Å². The second kappa shape index (κ2) is 7.73. The number of epoxide rings is 1. The molecule has 0 aliphatic carbocycles. The molecule has 1 fully saturated rings. The summed E-state index contributed by atoms with van der Waals surface area (Å²) in [7, 11) is 0. The third kappa shape index (κ3) is 5.51. The average Bonchev–Trinajstić information content (AvgIpc) is 3.22. The molecule has 1 aliphatic rings. The molecule has 0 aromatic rings. The van der Waals surface area contributed by atoms with Crippen molar-refractivity contribution in [2.24, 2.45) is 0 Å². The highest BCUT2D eigenvalue weighted by Crippen LogP contribution is 2.32. The van der Waals surface area contributed by atoms with E-state index in [1.54, 1.807) is 0 Å². The van der Waals surface area contributed by atoms with Gasteiger partial charge in [-0.2, -0.15) is 0 Å². The quantitative estimate of drug-likeness (QED) is 0.201. The molecule has 6 nitrogen and oxygen atoms in total. The topological polar surface area (TPSA) is 82.2 Å². The predicted octanol–water partition coefficient (Wildman–Crippen LogP) is 1.69. The first-order chi connectivity index (χ1) is 9.96. The van der Waals surface area contributed by atoms with Crippen molar-refractivity contribution in [1.82, 2.24) is 0 Å². The number of hydrogen-bond donors (Lipinski definition) is 0. The lowest BCUT2D eigenvalue weighted by Crippen LogP contribution is -2.41. The summed E-state index contributed by atoms with van der Waals surface area (Å²) >= 11 is 0. The molecular formula is C15H20O6. The molecule has 1 heterocycles. The Morgan fingerprint density at radius 1 is 1.43 bits per heavy atom. The van der Waals surface area contributed by atoms with Gasteiger partial charge in [0.2, 0.25) is 0 Å². The second-order valence-electron chi connectivity index (χ2n) is 4.81. The van der Waals surface area contributed by atoms with Gasteiger partial charge in [0, 0.05) is 24.5 Å². The van der Waals surface area contributed by atoms with Crippen LogP contribution in [0, 0.1) is 0 Å². The molecule has 6 heteroatoms. The van der Waals surface area contributed by atoms with E-state index in [1.807, 2.05) is 6.92 Å². The maximum absolute atomic E-state index is 12.0. The van der Waals surface area contributed by atoms with E-state index in [1.165, 1.54) is 0 Å². The van der Waals surface area contributed by atoms with Crippen LogP contribution in [0.2, 0.25) is 0 Å². The highest BCUT2D eigenvalue weighted by Gasteiger charge is 2.44. The highest BCUT2D eigenvalue weighted by molar-refractivity contribution is 5.91. The van der Waals surface area contributed by atoms with Gasteiger partial charge in [-0.3, -0.25) is 0 Å². The Bertz CT molecular complexity index is 437. The van der Waals surface area contributed by atoms with Crippen molar-refractivity contribution < 1.29 is 28.6 Å². The zero-order valence-electron chi connectivity index (χ0n) is 12.1. The monoisotopic (exact) mass is 296 g/mol. The number of carbonyl (C=O) groups excluding carboxylic acids is 3. The molecule has 1 saturated heterocycles. The molecule has 2 atom stereocenters. The molecule has 2 unspecified atom stereocenters. The number of ether oxygens (including phenoxy) is 3. The number of rotatable bonds is 10. The fourth-order valence-electron chi connectivity index (χ4n) is 1.87. The van der Waals surface area contributed by atoms with Crippen LogP contribution < -0.4 is 0 Å². The maximum atomic E-state index is 12.0. The Hall–Kier alpha value is -1.95. The Kier molecular flexibility index (Phi) is 6.30. The molecule has 0 N–H and O–H groups in total. The van der Waals surface area contributed by atoms with Gasteiger partial charge in [0.1, 0.15) is 6.29 Å². The van der Waals surface area contributed by atoms with Gasteiger partial charge < -0.3 is 19.0 Å². The number of hydrogen-bond acceptors (Lipinski definition) is 6. The van der Waals surface area contributed by atoms with Gasteiger partial charge >= 0.3 is 11.9 Å². The minimum absolute atomic E-state index is 0.0110. The average molecular weight is 296 g/mol. The van der Waals surface area contributed by atoms with Gasteiger partial charge in [-0.25, -0.2) is 9.59 Å².